The maximum atomic E-state index is 9.75. The first kappa shape index (κ1) is 39.3. The van der Waals surface area contributed by atoms with Crippen LogP contribution in [-0.2, 0) is 21.1 Å². The summed E-state index contributed by atoms with van der Waals surface area (Å²) in [5, 5.41) is 5.74. The van der Waals surface area contributed by atoms with Gasteiger partial charge in [-0.2, -0.15) is 0 Å². The second kappa shape index (κ2) is 22.9. The van der Waals surface area contributed by atoms with Crippen molar-refractivity contribution in [3.05, 3.63) is 140 Å². The Morgan fingerprint density at radius 1 is 0.512 bits per heavy atom. The third-order valence-corrected chi connectivity index (χ3v) is 9.05. The third kappa shape index (κ3) is 19.2. The summed E-state index contributed by atoms with van der Waals surface area (Å²) >= 11 is 9.53. The van der Waals surface area contributed by atoms with E-state index in [9.17, 15) is 30.4 Å². The molecular formula is C28H24BCl2F7P2Pt. The maximum absolute atomic E-state index is 9.75. The molecule has 4 aromatic carbocycles. The number of benzene rings is 4. The molecule has 0 heterocycles. The van der Waals surface area contributed by atoms with Crippen LogP contribution < -0.4 is 21.2 Å². The SMILES string of the molecule is C(=C/P(c1ccccc1)c1ccccc1)/P(c1ccccc1)c1ccccc1.ClCCl.F[B-](F)(F)F.F[C-](F)F.[Pt+2]. The first-order valence-electron chi connectivity index (χ1n) is 11.4. The fourth-order valence-electron chi connectivity index (χ4n) is 3.13. The van der Waals surface area contributed by atoms with Gasteiger partial charge in [-0.3, -0.25) is 0 Å². The van der Waals surface area contributed by atoms with Crippen molar-refractivity contribution in [3.63, 3.8) is 0 Å². The van der Waals surface area contributed by atoms with Gasteiger partial charge >= 0.3 is 28.3 Å². The van der Waals surface area contributed by atoms with Crippen LogP contribution in [0.3, 0.4) is 0 Å². The zero-order valence-corrected chi connectivity index (χ0v) is 26.7. The van der Waals surface area contributed by atoms with Crippen molar-refractivity contribution in [3.8, 4) is 0 Å². The monoisotopic (exact) mass is 831 g/mol. The Balaban J connectivity index is 0.00000105. The molecule has 0 saturated heterocycles. The number of hydrogen-bond acceptors (Lipinski definition) is 0. The minimum absolute atomic E-state index is 0. The van der Waals surface area contributed by atoms with Gasteiger partial charge in [-0.15, -0.1) is 23.2 Å². The molecule has 0 aliphatic heterocycles. The molecule has 0 saturated carbocycles. The Kier molecular flexibility index (Phi) is 21.9. The second-order valence-corrected chi connectivity index (χ2v) is 12.1. The van der Waals surface area contributed by atoms with Gasteiger partial charge in [0.2, 0.25) is 0 Å². The fourth-order valence-corrected chi connectivity index (χ4v) is 7.45. The first-order valence-corrected chi connectivity index (χ1v) is 15.3. The molecule has 0 unspecified atom stereocenters. The van der Waals surface area contributed by atoms with Crippen LogP contribution in [0.2, 0.25) is 0 Å². The van der Waals surface area contributed by atoms with Crippen molar-refractivity contribution in [2.45, 2.75) is 0 Å². The predicted octanol–water partition coefficient (Wildman–Crippen LogP) is 9.78. The standard InChI is InChI=1S/C26H22P2.CH2Cl2.CF3.BF4.Pt/c1-5-13-23(14-6-1)27(24-15-7-2-8-16-24)21-22-28(25-17-9-3-10-18-25)26-19-11-4-12-20-26;2-1-3;2-1(3)4;2-1(3,4)5;/h1-22H;1H2;;;/q;;2*-1;+2/b22-21-;;;;. The molecule has 0 aliphatic rings. The maximum Gasteiger partial charge on any atom is 2.00 e. The molecule has 0 radical (unpaired) electrons. The van der Waals surface area contributed by atoms with Crippen molar-refractivity contribution < 1.29 is 51.5 Å². The van der Waals surface area contributed by atoms with Crippen LogP contribution in [0.1, 0.15) is 0 Å². The van der Waals surface area contributed by atoms with E-state index in [1.54, 1.807) is 0 Å². The summed E-state index contributed by atoms with van der Waals surface area (Å²) in [4.78, 5) is 0. The Hall–Kier alpha value is -1.68. The van der Waals surface area contributed by atoms with Crippen LogP contribution in [-0.4, -0.2) is 12.6 Å². The number of hydrogen-bond donors (Lipinski definition) is 0. The van der Waals surface area contributed by atoms with Gasteiger partial charge in [0.05, 0.1) is 5.34 Å². The summed E-state index contributed by atoms with van der Waals surface area (Å²) in [7, 11) is -7.06. The molecular weight excluding hydrogens is 808 g/mol. The van der Waals surface area contributed by atoms with Gasteiger partial charge < -0.3 is 30.4 Å². The van der Waals surface area contributed by atoms with E-state index in [2.05, 4.69) is 133 Å². The van der Waals surface area contributed by atoms with Crippen LogP contribution in [0.4, 0.5) is 30.4 Å². The Morgan fingerprint density at radius 3 is 0.805 bits per heavy atom. The summed E-state index contributed by atoms with van der Waals surface area (Å²) in [6.45, 7) is -3.08. The molecule has 0 nitrogen and oxygen atoms in total. The molecule has 4 aromatic rings. The Bertz CT molecular complexity index is 1020. The summed E-state index contributed by atoms with van der Waals surface area (Å²) in [5.41, 5.74) is 0. The minimum Gasteiger partial charge on any atom is -0.418 e. The molecule has 222 valence electrons. The van der Waals surface area contributed by atoms with Gasteiger partial charge in [-0.05, 0) is 37.1 Å². The molecule has 0 amide bonds. The third-order valence-electron chi connectivity index (χ3n) is 4.50. The number of rotatable bonds is 6. The Labute approximate surface area is 262 Å². The van der Waals surface area contributed by atoms with Crippen molar-refractivity contribution in [1.29, 1.82) is 0 Å². The normalized spacial score (nSPS) is 10.5. The molecule has 0 aromatic heterocycles. The van der Waals surface area contributed by atoms with Crippen LogP contribution in [0.25, 0.3) is 0 Å². The summed E-state index contributed by atoms with van der Waals surface area (Å²) < 4.78 is 67.8. The van der Waals surface area contributed by atoms with E-state index in [4.69, 9.17) is 23.2 Å². The fraction of sp³-hybridized carbons (Fsp3) is 0.0357. The minimum atomic E-state index is -6.00. The van der Waals surface area contributed by atoms with Gasteiger partial charge in [-0.25, -0.2) is 0 Å². The smallest absolute Gasteiger partial charge is 0.418 e. The van der Waals surface area contributed by atoms with Crippen molar-refractivity contribution in [1.82, 2.24) is 0 Å². The topological polar surface area (TPSA) is 0 Å². The number of halogens is 9. The zero-order valence-electron chi connectivity index (χ0n) is 21.1. The van der Waals surface area contributed by atoms with Gasteiger partial charge in [-0.1, -0.05) is 133 Å². The quantitative estimate of drug-likeness (QED) is 0.0598. The predicted molar refractivity (Wildman–Crippen MR) is 161 cm³/mol. The van der Waals surface area contributed by atoms with E-state index in [-0.39, 0.29) is 26.4 Å². The van der Waals surface area contributed by atoms with E-state index in [0.29, 0.717) is 0 Å². The number of alkyl halides is 2. The average molecular weight is 832 g/mol. The molecule has 13 heteroatoms. The molecule has 0 fully saturated rings. The summed E-state index contributed by atoms with van der Waals surface area (Å²) in [5.74, 6) is 4.90. The van der Waals surface area contributed by atoms with Crippen LogP contribution >= 0.6 is 39.0 Å². The summed E-state index contributed by atoms with van der Waals surface area (Å²) in [6, 6.07) is 43.4. The van der Waals surface area contributed by atoms with Crippen molar-refractivity contribution in [2.24, 2.45) is 0 Å². The molecule has 4 rings (SSSR count). The second-order valence-electron chi connectivity index (χ2n) is 7.19. The molecule has 0 bridgehead atoms. The molecule has 0 spiro atoms. The van der Waals surface area contributed by atoms with Crippen LogP contribution in [0.15, 0.2) is 133 Å². The van der Waals surface area contributed by atoms with Gasteiger partial charge in [0.1, 0.15) is 0 Å². The van der Waals surface area contributed by atoms with Crippen molar-refractivity contribution >= 4 is 67.5 Å². The van der Waals surface area contributed by atoms with Gasteiger partial charge in [0, 0.05) is 0 Å². The Morgan fingerprint density at radius 2 is 0.659 bits per heavy atom. The van der Waals surface area contributed by atoms with Gasteiger partial charge in [0.25, 0.3) is 0 Å². The molecule has 0 aliphatic carbocycles. The largest absolute Gasteiger partial charge is 2.00 e. The van der Waals surface area contributed by atoms with E-state index in [1.165, 1.54) is 21.2 Å². The molecule has 0 atom stereocenters. The molecule has 0 N–H and O–H groups in total. The van der Waals surface area contributed by atoms with Crippen LogP contribution in [0.5, 0.6) is 0 Å². The van der Waals surface area contributed by atoms with E-state index in [0.717, 1.165) is 0 Å². The van der Waals surface area contributed by atoms with E-state index < -0.39 is 29.8 Å². The van der Waals surface area contributed by atoms with Crippen LogP contribution in [0, 0.1) is 6.68 Å². The average Bonchev–Trinajstić information content (AvgIpc) is 2.92. The first-order chi connectivity index (χ1) is 19.1. The molecule has 41 heavy (non-hydrogen) atoms. The van der Waals surface area contributed by atoms with E-state index in [1.807, 2.05) is 0 Å². The van der Waals surface area contributed by atoms with Crippen molar-refractivity contribution in [2.75, 3.05) is 5.34 Å². The summed E-state index contributed by atoms with van der Waals surface area (Å²) in [6.07, 6.45) is 0. The van der Waals surface area contributed by atoms with E-state index >= 15 is 0 Å². The van der Waals surface area contributed by atoms with Gasteiger partial charge in [0.15, 0.2) is 6.68 Å². The zero-order chi connectivity index (χ0) is 29.8.